The second-order valence-electron chi connectivity index (χ2n) is 6.91. The number of methoxy groups -OCH3 is 1. The Labute approximate surface area is 188 Å². The Bertz CT molecular complexity index is 947. The van der Waals surface area contributed by atoms with Crippen molar-refractivity contribution in [2.24, 2.45) is 5.73 Å². The number of benzene rings is 2. The lowest BCUT2D eigenvalue weighted by atomic mass is 10.1. The Morgan fingerprint density at radius 2 is 1.61 bits per heavy atom. The molecule has 2 aromatic carbocycles. The highest BCUT2D eigenvalue weighted by Crippen LogP contribution is 2.24. The predicted octanol–water partition coefficient (Wildman–Crippen LogP) is 2.24. The number of alkyl halides is 3. The van der Waals surface area contributed by atoms with Crippen molar-refractivity contribution < 1.29 is 37.0 Å². The van der Waals surface area contributed by atoms with Crippen LogP contribution in [0.2, 0.25) is 0 Å². The minimum Gasteiger partial charge on any atom is -0.469 e. The molecule has 0 heterocycles. The number of carbonyl (C=O) groups is 3. The molecule has 0 radical (unpaired) electrons. The van der Waals surface area contributed by atoms with Gasteiger partial charge >= 0.3 is 12.3 Å². The first-order valence-electron chi connectivity index (χ1n) is 9.92. The number of halogens is 3. The molecule has 0 saturated carbocycles. The van der Waals surface area contributed by atoms with E-state index >= 15 is 0 Å². The summed E-state index contributed by atoms with van der Waals surface area (Å²) in [6, 6.07) is 10.4. The Kier molecular flexibility index (Phi) is 9.22. The van der Waals surface area contributed by atoms with Gasteiger partial charge in [0, 0.05) is 18.7 Å². The largest absolute Gasteiger partial charge is 0.573 e. The van der Waals surface area contributed by atoms with Gasteiger partial charge in [-0.25, -0.2) is 0 Å². The summed E-state index contributed by atoms with van der Waals surface area (Å²) < 4.78 is 44.9. The van der Waals surface area contributed by atoms with Crippen molar-refractivity contribution in [1.29, 1.82) is 0 Å². The molecule has 0 aliphatic carbocycles. The zero-order valence-corrected chi connectivity index (χ0v) is 17.8. The van der Waals surface area contributed by atoms with Gasteiger partial charge in [-0.05, 0) is 41.8 Å². The summed E-state index contributed by atoms with van der Waals surface area (Å²) >= 11 is 0. The van der Waals surface area contributed by atoms with Crippen LogP contribution in [0.3, 0.4) is 0 Å². The number of amides is 2. The zero-order valence-electron chi connectivity index (χ0n) is 17.8. The third kappa shape index (κ3) is 8.81. The highest BCUT2D eigenvalue weighted by atomic mass is 19.4. The van der Waals surface area contributed by atoms with E-state index in [0.29, 0.717) is 17.5 Å². The van der Waals surface area contributed by atoms with Crippen molar-refractivity contribution in [2.75, 3.05) is 20.2 Å². The van der Waals surface area contributed by atoms with E-state index < -0.39 is 30.0 Å². The van der Waals surface area contributed by atoms with Crippen LogP contribution in [0.4, 0.5) is 13.2 Å². The van der Waals surface area contributed by atoms with Crippen LogP contribution < -0.4 is 21.1 Å². The van der Waals surface area contributed by atoms with Crippen molar-refractivity contribution >= 4 is 17.8 Å². The van der Waals surface area contributed by atoms with Crippen LogP contribution in [0, 0.1) is 0 Å². The Morgan fingerprint density at radius 3 is 2.18 bits per heavy atom. The summed E-state index contributed by atoms with van der Waals surface area (Å²) in [5.74, 6) is -1.63. The normalized spacial score (nSPS) is 11.9. The van der Waals surface area contributed by atoms with Crippen LogP contribution in [-0.2, 0) is 20.7 Å². The molecule has 178 valence electrons. The molecule has 0 aliphatic rings. The van der Waals surface area contributed by atoms with Crippen molar-refractivity contribution in [3.05, 3.63) is 65.2 Å². The molecule has 1 unspecified atom stereocenters. The molecule has 0 aromatic heterocycles. The van der Waals surface area contributed by atoms with Crippen molar-refractivity contribution in [3.63, 3.8) is 0 Å². The minimum atomic E-state index is -4.80. The van der Waals surface area contributed by atoms with E-state index in [1.807, 2.05) is 0 Å². The standard InChI is InChI=1S/C22H24F3N3O5/c1-32-18(29)11-13-27-20(30)16-4-2-14(3-5-16)10-12-28-21(31)19(26)15-6-8-17(9-7-15)33-22(23,24)25/h2-9,19H,10-13,26H2,1H3,(H,27,30)(H,28,31). The molecule has 1 atom stereocenters. The third-order valence-electron chi connectivity index (χ3n) is 4.53. The topological polar surface area (TPSA) is 120 Å². The molecule has 0 spiro atoms. The number of esters is 1. The maximum atomic E-state index is 12.2. The van der Waals surface area contributed by atoms with E-state index in [1.54, 1.807) is 24.3 Å². The number of nitrogens with one attached hydrogen (secondary N) is 2. The molecule has 4 N–H and O–H groups in total. The molecule has 0 fully saturated rings. The third-order valence-corrected chi connectivity index (χ3v) is 4.53. The van der Waals surface area contributed by atoms with E-state index in [4.69, 9.17) is 5.73 Å². The fourth-order valence-electron chi connectivity index (χ4n) is 2.77. The summed E-state index contributed by atoms with van der Waals surface area (Å²) in [5, 5.41) is 5.28. The van der Waals surface area contributed by atoms with Gasteiger partial charge in [0.2, 0.25) is 5.91 Å². The molecule has 33 heavy (non-hydrogen) atoms. The van der Waals surface area contributed by atoms with Gasteiger partial charge in [-0.2, -0.15) is 0 Å². The van der Waals surface area contributed by atoms with Crippen molar-refractivity contribution in [3.8, 4) is 5.75 Å². The Balaban J connectivity index is 1.78. The first-order chi connectivity index (χ1) is 15.6. The van der Waals surface area contributed by atoms with Crippen LogP contribution >= 0.6 is 0 Å². The second kappa shape index (κ2) is 11.9. The summed E-state index contributed by atoms with van der Waals surface area (Å²) in [4.78, 5) is 35.3. The van der Waals surface area contributed by atoms with Gasteiger partial charge in [-0.15, -0.1) is 13.2 Å². The first-order valence-corrected chi connectivity index (χ1v) is 9.92. The maximum Gasteiger partial charge on any atom is 0.573 e. The molecule has 0 saturated heterocycles. The Morgan fingerprint density at radius 1 is 0.970 bits per heavy atom. The molecule has 8 nitrogen and oxygen atoms in total. The molecule has 2 amide bonds. The van der Waals surface area contributed by atoms with Gasteiger partial charge in [0.05, 0.1) is 13.5 Å². The quantitative estimate of drug-likeness (QED) is 0.461. The number of carbonyl (C=O) groups excluding carboxylic acids is 3. The summed E-state index contributed by atoms with van der Waals surface area (Å²) in [7, 11) is 1.27. The SMILES string of the molecule is COC(=O)CCNC(=O)c1ccc(CCNC(=O)C(N)c2ccc(OC(F)(F)F)cc2)cc1. The number of hydrogen-bond acceptors (Lipinski definition) is 6. The average Bonchev–Trinajstić information content (AvgIpc) is 2.78. The molecular weight excluding hydrogens is 443 g/mol. The second-order valence-corrected chi connectivity index (χ2v) is 6.91. The highest BCUT2D eigenvalue weighted by molar-refractivity contribution is 5.94. The Hall–Kier alpha value is -3.60. The number of ether oxygens (including phenoxy) is 2. The predicted molar refractivity (Wildman–Crippen MR) is 112 cm³/mol. The van der Waals surface area contributed by atoms with Gasteiger partial charge in [0.15, 0.2) is 0 Å². The molecule has 2 rings (SSSR count). The van der Waals surface area contributed by atoms with Crippen LogP contribution in [0.5, 0.6) is 5.75 Å². The van der Waals surface area contributed by atoms with Gasteiger partial charge in [-0.1, -0.05) is 24.3 Å². The number of rotatable bonds is 10. The van der Waals surface area contributed by atoms with Crippen molar-refractivity contribution in [2.45, 2.75) is 25.2 Å². The van der Waals surface area contributed by atoms with Gasteiger partial charge in [-0.3, -0.25) is 14.4 Å². The van der Waals surface area contributed by atoms with Gasteiger partial charge in [0.1, 0.15) is 11.8 Å². The average molecular weight is 467 g/mol. The molecule has 11 heteroatoms. The smallest absolute Gasteiger partial charge is 0.469 e. The molecule has 2 aromatic rings. The number of nitrogens with two attached hydrogens (primary N) is 1. The lowest BCUT2D eigenvalue weighted by Crippen LogP contribution is -2.35. The first kappa shape index (κ1) is 25.7. The van der Waals surface area contributed by atoms with Crippen LogP contribution in [0.15, 0.2) is 48.5 Å². The van der Waals surface area contributed by atoms with E-state index in [2.05, 4.69) is 20.1 Å². The fourth-order valence-corrected chi connectivity index (χ4v) is 2.77. The zero-order chi connectivity index (χ0) is 24.4. The molecule has 0 bridgehead atoms. The van der Waals surface area contributed by atoms with Gasteiger partial charge < -0.3 is 25.8 Å². The number of hydrogen-bond donors (Lipinski definition) is 3. The minimum absolute atomic E-state index is 0.0770. The summed E-state index contributed by atoms with van der Waals surface area (Å²) in [6.07, 6.45) is -4.25. The monoisotopic (exact) mass is 467 g/mol. The molecular formula is C22H24F3N3O5. The fraction of sp³-hybridized carbons (Fsp3) is 0.318. The van der Waals surface area contributed by atoms with E-state index in [0.717, 1.165) is 17.7 Å². The van der Waals surface area contributed by atoms with Crippen LogP contribution in [-0.4, -0.2) is 44.3 Å². The van der Waals surface area contributed by atoms with Crippen LogP contribution in [0.1, 0.15) is 33.9 Å². The van der Waals surface area contributed by atoms with Gasteiger partial charge in [0.25, 0.3) is 5.91 Å². The van der Waals surface area contributed by atoms with E-state index in [1.165, 1.54) is 19.2 Å². The van der Waals surface area contributed by atoms with Crippen LogP contribution in [0.25, 0.3) is 0 Å². The van der Waals surface area contributed by atoms with Crippen molar-refractivity contribution in [1.82, 2.24) is 10.6 Å². The lowest BCUT2D eigenvalue weighted by Gasteiger charge is -2.14. The summed E-state index contributed by atoms with van der Waals surface area (Å²) in [5.41, 5.74) is 7.49. The maximum absolute atomic E-state index is 12.2. The van der Waals surface area contributed by atoms with E-state index in [-0.39, 0.29) is 25.4 Å². The summed E-state index contributed by atoms with van der Waals surface area (Å²) in [6.45, 7) is 0.435. The van der Waals surface area contributed by atoms with E-state index in [9.17, 15) is 27.6 Å². The lowest BCUT2D eigenvalue weighted by molar-refractivity contribution is -0.274. The molecule has 0 aliphatic heterocycles. The highest BCUT2D eigenvalue weighted by Gasteiger charge is 2.31.